The quantitative estimate of drug-likeness (QED) is 0.325. The number of guanidine groups is 1. The maximum atomic E-state index is 13.4. The molecule has 9 heteroatoms. The van der Waals surface area contributed by atoms with E-state index in [0.29, 0.717) is 10.6 Å². The Morgan fingerprint density at radius 1 is 1.10 bits per heavy atom. The van der Waals surface area contributed by atoms with Gasteiger partial charge in [0.05, 0.1) is 6.17 Å². The number of aliphatic imine (C=N–C) groups is 1. The van der Waals surface area contributed by atoms with Gasteiger partial charge < -0.3 is 22.1 Å². The van der Waals surface area contributed by atoms with Crippen molar-refractivity contribution < 1.29 is 13.6 Å². The first-order valence-corrected chi connectivity index (χ1v) is 9.71. The van der Waals surface area contributed by atoms with Crippen molar-refractivity contribution in [2.45, 2.75) is 44.9 Å². The molecule has 0 aromatic heterocycles. The van der Waals surface area contributed by atoms with Gasteiger partial charge in [0.25, 0.3) is 5.91 Å². The zero-order chi connectivity index (χ0) is 22.5. The van der Waals surface area contributed by atoms with Crippen LogP contribution in [0.5, 0.6) is 0 Å². The van der Waals surface area contributed by atoms with Crippen LogP contribution in [0.4, 0.5) is 8.78 Å². The number of halogens is 3. The molecule has 0 saturated heterocycles. The molecular formula is C21H26ClF2N5O. The first-order valence-electron chi connectivity index (χ1n) is 9.33. The maximum Gasteiger partial charge on any atom is 0.280 e. The summed E-state index contributed by atoms with van der Waals surface area (Å²) in [4.78, 5) is 16.6. The molecule has 2 aromatic carbocycles. The molecule has 0 aliphatic heterocycles. The fourth-order valence-electron chi connectivity index (χ4n) is 2.64. The zero-order valence-corrected chi connectivity index (χ0v) is 17.8. The topological polar surface area (TPSA) is 106 Å². The van der Waals surface area contributed by atoms with Crippen LogP contribution in [0, 0.1) is 11.6 Å². The van der Waals surface area contributed by atoms with E-state index in [4.69, 9.17) is 23.1 Å². The molecule has 162 valence electrons. The molecule has 2 atom stereocenters. The fourth-order valence-corrected chi connectivity index (χ4v) is 2.77. The minimum absolute atomic E-state index is 0.142. The lowest BCUT2D eigenvalue weighted by Crippen LogP contribution is -2.54. The number of rotatable bonds is 5. The Balaban J connectivity index is 2.14. The number of nitrogens with one attached hydrogen (secondary N) is 2. The van der Waals surface area contributed by atoms with Crippen molar-refractivity contribution in [1.82, 2.24) is 10.6 Å². The van der Waals surface area contributed by atoms with Gasteiger partial charge in [0.2, 0.25) is 5.96 Å². The lowest BCUT2D eigenvalue weighted by atomic mass is 10.0. The third-order valence-electron chi connectivity index (χ3n) is 3.94. The number of nitrogens with zero attached hydrogens (tertiary/aromatic N) is 1. The SMILES string of the molecule is CC(C)(C)N/C(=N/C(=O)c1ccc(Cl)cc1)NC(N)CC(N)c1cc(F)cc(F)c1. The van der Waals surface area contributed by atoms with Crippen LogP contribution < -0.4 is 22.1 Å². The highest BCUT2D eigenvalue weighted by molar-refractivity contribution is 6.30. The van der Waals surface area contributed by atoms with Crippen molar-refractivity contribution in [1.29, 1.82) is 0 Å². The van der Waals surface area contributed by atoms with E-state index in [-0.39, 0.29) is 17.9 Å². The maximum absolute atomic E-state index is 13.4. The average Bonchev–Trinajstić information content (AvgIpc) is 2.59. The van der Waals surface area contributed by atoms with Crippen molar-refractivity contribution >= 4 is 23.5 Å². The third-order valence-corrected chi connectivity index (χ3v) is 4.19. The van der Waals surface area contributed by atoms with Crippen LogP contribution in [0.3, 0.4) is 0 Å². The second-order valence-corrected chi connectivity index (χ2v) is 8.38. The molecular weight excluding hydrogens is 412 g/mol. The van der Waals surface area contributed by atoms with Crippen LogP contribution in [0.2, 0.25) is 5.02 Å². The van der Waals surface area contributed by atoms with E-state index in [9.17, 15) is 13.6 Å². The molecule has 0 aliphatic carbocycles. The van der Waals surface area contributed by atoms with E-state index in [2.05, 4.69) is 15.6 Å². The molecule has 0 aliphatic rings. The number of carbonyl (C=O) groups excluding carboxylic acids is 1. The van der Waals surface area contributed by atoms with Gasteiger partial charge in [-0.1, -0.05) is 11.6 Å². The summed E-state index contributed by atoms with van der Waals surface area (Å²) < 4.78 is 26.9. The molecule has 2 unspecified atom stereocenters. The van der Waals surface area contributed by atoms with Gasteiger partial charge in [-0.25, -0.2) is 8.78 Å². The van der Waals surface area contributed by atoms with Crippen molar-refractivity contribution in [2.24, 2.45) is 16.5 Å². The largest absolute Gasteiger partial charge is 0.351 e. The van der Waals surface area contributed by atoms with Crippen molar-refractivity contribution in [3.63, 3.8) is 0 Å². The molecule has 6 nitrogen and oxygen atoms in total. The Morgan fingerprint density at radius 3 is 2.20 bits per heavy atom. The standard InChI is InChI=1S/C21H26ClF2N5O/c1-21(2,3)29-20(28-19(30)12-4-6-14(22)7-5-12)27-18(26)11-17(25)13-8-15(23)10-16(24)9-13/h4-10,17-18H,11,25-26H2,1-3H3,(H2,27,28,29,30). The number of nitrogens with two attached hydrogens (primary N) is 2. The van der Waals surface area contributed by atoms with Crippen LogP contribution in [0.15, 0.2) is 47.5 Å². The summed E-state index contributed by atoms with van der Waals surface area (Å²) in [6, 6.07) is 8.69. The summed E-state index contributed by atoms with van der Waals surface area (Å²) in [6.07, 6.45) is -0.596. The molecule has 0 bridgehead atoms. The third kappa shape index (κ3) is 7.70. The Bertz CT molecular complexity index is 892. The average molecular weight is 438 g/mol. The molecule has 0 radical (unpaired) electrons. The van der Waals surface area contributed by atoms with E-state index in [1.807, 2.05) is 20.8 Å². The number of amides is 1. The van der Waals surface area contributed by atoms with Crippen LogP contribution in [0.25, 0.3) is 0 Å². The second-order valence-electron chi connectivity index (χ2n) is 7.94. The van der Waals surface area contributed by atoms with Crippen LogP contribution >= 0.6 is 11.6 Å². The van der Waals surface area contributed by atoms with Crippen molar-refractivity contribution in [3.8, 4) is 0 Å². The molecule has 2 rings (SSSR count). The molecule has 30 heavy (non-hydrogen) atoms. The van der Waals surface area contributed by atoms with E-state index < -0.39 is 35.3 Å². The van der Waals surface area contributed by atoms with Gasteiger partial charge in [0.1, 0.15) is 11.6 Å². The summed E-state index contributed by atoms with van der Waals surface area (Å²) in [5.41, 5.74) is 12.4. The lowest BCUT2D eigenvalue weighted by Gasteiger charge is -2.27. The molecule has 0 saturated carbocycles. The summed E-state index contributed by atoms with van der Waals surface area (Å²) in [5, 5.41) is 6.51. The normalized spacial score (nSPS) is 14.2. The smallest absolute Gasteiger partial charge is 0.280 e. The van der Waals surface area contributed by atoms with Gasteiger partial charge in [-0.2, -0.15) is 4.99 Å². The van der Waals surface area contributed by atoms with E-state index in [1.165, 1.54) is 0 Å². The molecule has 0 spiro atoms. The van der Waals surface area contributed by atoms with Crippen LogP contribution in [-0.4, -0.2) is 23.6 Å². The van der Waals surface area contributed by atoms with Crippen LogP contribution in [-0.2, 0) is 0 Å². The number of carbonyl (C=O) groups is 1. The van der Waals surface area contributed by atoms with Gasteiger partial charge in [0, 0.05) is 28.2 Å². The lowest BCUT2D eigenvalue weighted by molar-refractivity contribution is 0.100. The van der Waals surface area contributed by atoms with Crippen molar-refractivity contribution in [3.05, 3.63) is 70.2 Å². The molecule has 1 amide bonds. The van der Waals surface area contributed by atoms with Gasteiger partial charge in [0.15, 0.2) is 0 Å². The number of benzene rings is 2. The minimum atomic E-state index is -0.738. The fraction of sp³-hybridized carbons (Fsp3) is 0.333. The van der Waals surface area contributed by atoms with E-state index in [0.717, 1.165) is 18.2 Å². The first kappa shape index (κ1) is 23.7. The zero-order valence-electron chi connectivity index (χ0n) is 17.0. The van der Waals surface area contributed by atoms with Gasteiger partial charge in [-0.15, -0.1) is 0 Å². The predicted octanol–water partition coefficient (Wildman–Crippen LogP) is 3.47. The Morgan fingerprint density at radius 2 is 1.67 bits per heavy atom. The minimum Gasteiger partial charge on any atom is -0.351 e. The Hall–Kier alpha value is -2.55. The highest BCUT2D eigenvalue weighted by atomic mass is 35.5. The van der Waals surface area contributed by atoms with Gasteiger partial charge in [-0.3, -0.25) is 4.79 Å². The van der Waals surface area contributed by atoms with E-state index in [1.54, 1.807) is 24.3 Å². The first-order chi connectivity index (χ1) is 13.9. The van der Waals surface area contributed by atoms with Crippen LogP contribution in [0.1, 0.15) is 49.2 Å². The number of hydrogen-bond acceptors (Lipinski definition) is 3. The predicted molar refractivity (Wildman–Crippen MR) is 115 cm³/mol. The van der Waals surface area contributed by atoms with Gasteiger partial charge in [-0.05, 0) is 69.2 Å². The number of hydrogen-bond donors (Lipinski definition) is 4. The monoisotopic (exact) mass is 437 g/mol. The van der Waals surface area contributed by atoms with Crippen molar-refractivity contribution in [2.75, 3.05) is 0 Å². The van der Waals surface area contributed by atoms with Gasteiger partial charge >= 0.3 is 0 Å². The Labute approximate surface area is 179 Å². The molecule has 0 fully saturated rings. The molecule has 6 N–H and O–H groups in total. The Kier molecular flexibility index (Phi) is 7.89. The molecule has 2 aromatic rings. The highest BCUT2D eigenvalue weighted by Crippen LogP contribution is 2.18. The van der Waals surface area contributed by atoms with E-state index >= 15 is 0 Å². The molecule has 0 heterocycles. The second kappa shape index (κ2) is 9.97. The highest BCUT2D eigenvalue weighted by Gasteiger charge is 2.19. The summed E-state index contributed by atoms with van der Waals surface area (Å²) in [5.74, 6) is -1.76. The summed E-state index contributed by atoms with van der Waals surface area (Å²) >= 11 is 5.85. The summed E-state index contributed by atoms with van der Waals surface area (Å²) in [7, 11) is 0. The summed E-state index contributed by atoms with van der Waals surface area (Å²) in [6.45, 7) is 5.68.